The molecule has 0 bridgehead atoms. The van der Waals surface area contributed by atoms with Crippen molar-refractivity contribution < 1.29 is 23.4 Å². The minimum atomic E-state index is -1.10. The number of carboxylic acids is 1. The molecule has 0 fully saturated rings. The lowest BCUT2D eigenvalue weighted by Gasteiger charge is -2.08. The monoisotopic (exact) mass is 594 g/mol. The summed E-state index contributed by atoms with van der Waals surface area (Å²) in [6, 6.07) is 20.3. The van der Waals surface area contributed by atoms with Gasteiger partial charge in [-0.05, 0) is 55.4 Å². The second-order valence-electron chi connectivity index (χ2n) is 10.7. The molecule has 2 N–H and O–H groups in total. The Balaban J connectivity index is 1.22. The number of aromatic carboxylic acids is 1. The maximum atomic E-state index is 15.6. The number of carboxylic acid groups (broad SMARTS) is 1. The van der Waals surface area contributed by atoms with Crippen molar-refractivity contribution in [3.05, 3.63) is 102 Å². The number of likely N-dealkylation sites (N-methyl/N-ethyl adjacent to an activating group) is 1. The zero-order valence-electron chi connectivity index (χ0n) is 24.2. The van der Waals surface area contributed by atoms with E-state index in [0.29, 0.717) is 17.0 Å². The molecule has 2 aromatic heterocycles. The normalized spacial score (nSPS) is 11.4. The molecule has 0 aliphatic carbocycles. The average Bonchev–Trinajstić information content (AvgIpc) is 3.65. The molecule has 0 radical (unpaired) electrons. The third kappa shape index (κ3) is 5.77. The number of imidazole rings is 1. The number of hydrogen-bond acceptors (Lipinski definition) is 6. The van der Waals surface area contributed by atoms with Crippen LogP contribution in [0.25, 0.3) is 44.7 Å². The Kier molecular flexibility index (Phi) is 7.62. The molecule has 0 saturated heterocycles. The molecule has 9 nitrogen and oxygen atoms in total. The van der Waals surface area contributed by atoms with E-state index in [-0.39, 0.29) is 33.9 Å². The zero-order chi connectivity index (χ0) is 31.0. The molecule has 6 rings (SSSR count). The number of rotatable bonds is 9. The first-order valence-corrected chi connectivity index (χ1v) is 13.8. The summed E-state index contributed by atoms with van der Waals surface area (Å²) in [6.45, 7) is 3.28. The second kappa shape index (κ2) is 11.7. The first-order chi connectivity index (χ1) is 21.2. The van der Waals surface area contributed by atoms with Crippen LogP contribution in [0.3, 0.4) is 0 Å². The van der Waals surface area contributed by atoms with Gasteiger partial charge < -0.3 is 19.7 Å². The van der Waals surface area contributed by atoms with Gasteiger partial charge in [0.15, 0.2) is 11.6 Å². The summed E-state index contributed by atoms with van der Waals surface area (Å²) in [6.07, 6.45) is 1.72. The molecule has 4 aromatic carbocycles. The lowest BCUT2D eigenvalue weighted by molar-refractivity contribution is 0.0695. The molecule has 6 aromatic rings. The summed E-state index contributed by atoms with van der Waals surface area (Å²) >= 11 is 0. The second-order valence-corrected chi connectivity index (χ2v) is 10.7. The summed E-state index contributed by atoms with van der Waals surface area (Å²) in [5.41, 5.74) is 3.47. The van der Waals surface area contributed by atoms with Gasteiger partial charge in [-0.25, -0.2) is 18.6 Å². The van der Waals surface area contributed by atoms with Crippen LogP contribution in [0.2, 0.25) is 0 Å². The summed E-state index contributed by atoms with van der Waals surface area (Å²) in [5.74, 6) is -1.86. The first-order valence-electron chi connectivity index (χ1n) is 13.8. The highest BCUT2D eigenvalue weighted by molar-refractivity contribution is 5.90. The number of H-pyrrole nitrogens is 1. The number of nitrogens with one attached hydrogen (secondary N) is 1. The number of fused-ring (bicyclic) bond motifs is 1. The van der Waals surface area contributed by atoms with Gasteiger partial charge in [-0.15, -0.1) is 0 Å². The maximum Gasteiger partial charge on any atom is 0.336 e. The topological polar surface area (TPSA) is 109 Å². The summed E-state index contributed by atoms with van der Waals surface area (Å²) in [5, 5.41) is 13.9. The fourth-order valence-corrected chi connectivity index (χ4v) is 4.86. The molecule has 44 heavy (non-hydrogen) atoms. The van der Waals surface area contributed by atoms with E-state index >= 15 is 8.78 Å². The van der Waals surface area contributed by atoms with Gasteiger partial charge >= 0.3 is 5.97 Å². The largest absolute Gasteiger partial charge is 0.478 e. The molecule has 11 heteroatoms. The number of aromatic nitrogens is 5. The Morgan fingerprint density at radius 2 is 1.61 bits per heavy atom. The number of ether oxygens (including phenoxy) is 1. The molecule has 0 amide bonds. The predicted molar refractivity (Wildman–Crippen MR) is 163 cm³/mol. The fraction of sp³-hybridized carbons (Fsp3) is 0.152. The Morgan fingerprint density at radius 3 is 2.27 bits per heavy atom. The third-order valence-corrected chi connectivity index (χ3v) is 7.26. The van der Waals surface area contributed by atoms with Crippen molar-refractivity contribution in [2.24, 2.45) is 0 Å². The number of nitrogens with zero attached hydrogens (tertiary/aromatic N) is 5. The predicted octanol–water partition coefficient (Wildman–Crippen LogP) is 6.79. The van der Waals surface area contributed by atoms with Crippen molar-refractivity contribution in [3.63, 3.8) is 0 Å². The summed E-state index contributed by atoms with van der Waals surface area (Å²) in [4.78, 5) is 24.9. The fourth-order valence-electron chi connectivity index (χ4n) is 4.86. The van der Waals surface area contributed by atoms with Crippen LogP contribution >= 0.6 is 0 Å². The molecule has 0 unspecified atom stereocenters. The van der Waals surface area contributed by atoms with Crippen molar-refractivity contribution in [2.75, 3.05) is 20.6 Å². The molecule has 0 aliphatic rings. The zero-order valence-corrected chi connectivity index (χ0v) is 24.2. The Labute approximate surface area is 251 Å². The lowest BCUT2D eigenvalue weighted by Crippen LogP contribution is -2.18. The van der Waals surface area contributed by atoms with E-state index in [0.717, 1.165) is 35.8 Å². The van der Waals surface area contributed by atoms with Crippen molar-refractivity contribution in [1.82, 2.24) is 29.6 Å². The van der Waals surface area contributed by atoms with Crippen LogP contribution in [-0.4, -0.2) is 61.3 Å². The van der Waals surface area contributed by atoms with E-state index in [9.17, 15) is 9.90 Å². The lowest BCUT2D eigenvalue weighted by atomic mass is 9.98. The van der Waals surface area contributed by atoms with E-state index in [1.807, 2.05) is 43.0 Å². The minimum Gasteiger partial charge on any atom is -0.478 e. The van der Waals surface area contributed by atoms with Gasteiger partial charge in [-0.1, -0.05) is 54.6 Å². The van der Waals surface area contributed by atoms with Crippen LogP contribution in [0.5, 0.6) is 11.8 Å². The Hall–Kier alpha value is -5.42. The summed E-state index contributed by atoms with van der Waals surface area (Å²) < 4.78 is 38.3. The SMILES string of the molecule is Cc1ccc(Oc2nc3c(F)c(-c4ccc(-c5ccc(-c6ncn(CCN(C)C)n6)cc5)cc4)c(F)cc3[nH]2)cc1C(=O)O. The molecule has 0 saturated carbocycles. The van der Waals surface area contributed by atoms with E-state index < -0.39 is 17.6 Å². The number of benzene rings is 4. The van der Waals surface area contributed by atoms with Crippen molar-refractivity contribution in [3.8, 4) is 45.4 Å². The van der Waals surface area contributed by atoms with Crippen LogP contribution in [0.15, 0.2) is 79.1 Å². The van der Waals surface area contributed by atoms with Gasteiger partial charge in [0, 0.05) is 18.2 Å². The molecule has 0 spiro atoms. The van der Waals surface area contributed by atoms with Gasteiger partial charge in [0.2, 0.25) is 0 Å². The number of carbonyl (C=O) groups is 1. The quantitative estimate of drug-likeness (QED) is 0.190. The average molecular weight is 595 g/mol. The van der Waals surface area contributed by atoms with Crippen LogP contribution in [-0.2, 0) is 6.54 Å². The van der Waals surface area contributed by atoms with E-state index in [1.165, 1.54) is 6.07 Å². The molecule has 0 atom stereocenters. The van der Waals surface area contributed by atoms with E-state index in [4.69, 9.17) is 4.74 Å². The highest BCUT2D eigenvalue weighted by Crippen LogP contribution is 2.34. The van der Waals surface area contributed by atoms with Gasteiger partial charge in [0.1, 0.15) is 23.4 Å². The van der Waals surface area contributed by atoms with Crippen LogP contribution in [0.4, 0.5) is 8.78 Å². The molecule has 0 aliphatic heterocycles. The highest BCUT2D eigenvalue weighted by atomic mass is 19.1. The smallest absolute Gasteiger partial charge is 0.336 e. The Bertz CT molecular complexity index is 1980. The first kappa shape index (κ1) is 28.7. The molecular weight excluding hydrogens is 566 g/mol. The highest BCUT2D eigenvalue weighted by Gasteiger charge is 2.20. The van der Waals surface area contributed by atoms with Gasteiger partial charge in [0.05, 0.1) is 23.2 Å². The standard InChI is InChI=1S/C33H28F2N6O3/c1-19-4-13-24(16-25(19)32(42)43)44-33-37-27-17-26(34)28(29(35)30(27)38-33)22-9-5-20(6-10-22)21-7-11-23(12-8-21)31-36-18-41(39-31)15-14-40(2)3/h4-13,16-18H,14-15H2,1-3H3,(H,37,38)(H,42,43). The summed E-state index contributed by atoms with van der Waals surface area (Å²) in [7, 11) is 4.02. The van der Waals surface area contributed by atoms with Gasteiger partial charge in [-0.3, -0.25) is 4.68 Å². The Morgan fingerprint density at radius 1 is 0.955 bits per heavy atom. The number of halogens is 2. The van der Waals surface area contributed by atoms with E-state index in [2.05, 4.69) is 25.0 Å². The number of hydrogen-bond donors (Lipinski definition) is 2. The molecule has 2 heterocycles. The van der Waals surface area contributed by atoms with Crippen molar-refractivity contribution in [1.29, 1.82) is 0 Å². The number of aromatic amines is 1. The number of aryl methyl sites for hydroxylation is 1. The maximum absolute atomic E-state index is 15.6. The van der Waals surface area contributed by atoms with Gasteiger partial charge in [-0.2, -0.15) is 10.1 Å². The van der Waals surface area contributed by atoms with Crippen molar-refractivity contribution in [2.45, 2.75) is 13.5 Å². The molecular formula is C33H28F2N6O3. The van der Waals surface area contributed by atoms with Crippen LogP contribution in [0, 0.1) is 18.6 Å². The molecule has 222 valence electrons. The van der Waals surface area contributed by atoms with Crippen LogP contribution < -0.4 is 4.74 Å². The minimum absolute atomic E-state index is 0.0670. The van der Waals surface area contributed by atoms with E-state index in [1.54, 1.807) is 49.6 Å². The van der Waals surface area contributed by atoms with Gasteiger partial charge in [0.25, 0.3) is 6.01 Å². The van der Waals surface area contributed by atoms with Crippen molar-refractivity contribution >= 4 is 17.0 Å². The third-order valence-electron chi connectivity index (χ3n) is 7.26. The van der Waals surface area contributed by atoms with Crippen LogP contribution in [0.1, 0.15) is 15.9 Å².